The van der Waals surface area contributed by atoms with Crippen molar-refractivity contribution in [2.24, 2.45) is 0 Å². The van der Waals surface area contributed by atoms with Crippen LogP contribution in [-0.2, 0) is 14.3 Å². The summed E-state index contributed by atoms with van der Waals surface area (Å²) in [5.74, 6) is -0.693. The molecule has 1 amide bonds. The summed E-state index contributed by atoms with van der Waals surface area (Å²) in [6.45, 7) is 3.44. The van der Waals surface area contributed by atoms with Gasteiger partial charge in [-0.2, -0.15) is 0 Å². The van der Waals surface area contributed by atoms with E-state index in [2.05, 4.69) is 19.2 Å². The number of hydrogen-bond acceptors (Lipinski definition) is 10. The van der Waals surface area contributed by atoms with Gasteiger partial charge in [-0.25, -0.2) is 0 Å². The van der Waals surface area contributed by atoms with Crippen molar-refractivity contribution in [3.63, 3.8) is 0 Å². The monoisotopic (exact) mass is 930 g/mol. The molecule has 65 heavy (non-hydrogen) atoms. The molecule has 388 valence electrons. The molecule has 1 saturated heterocycles. The van der Waals surface area contributed by atoms with Crippen LogP contribution < -0.4 is 5.32 Å². The molecule has 0 bridgehead atoms. The van der Waals surface area contributed by atoms with Crippen LogP contribution in [0.25, 0.3) is 0 Å². The third-order valence-electron chi connectivity index (χ3n) is 13.9. The van der Waals surface area contributed by atoms with Crippen molar-refractivity contribution in [1.29, 1.82) is 0 Å². The van der Waals surface area contributed by atoms with E-state index in [1.54, 1.807) is 0 Å². The zero-order valence-electron chi connectivity index (χ0n) is 42.2. The molecule has 9 unspecified atom stereocenters. The maximum Gasteiger partial charge on any atom is 0.249 e. The van der Waals surface area contributed by atoms with Gasteiger partial charge in [0.15, 0.2) is 6.29 Å². The standard InChI is InChI=1S/C54H107NO10/c1-3-5-7-9-11-13-14-15-16-17-18-19-20-21-22-23-24-25-26-27-28-29-30-31-32-34-36-38-40-42-47(58)53(63)55-45(44-64-54-52(62)51(61)50(60)48(43-56)65-54)49(59)46(57)41-39-37-35-33-12-10-8-6-4-2/h45-52,54,56-62H,3-44H2,1-2H3,(H,55,63). The highest BCUT2D eigenvalue weighted by Crippen LogP contribution is 2.23. The summed E-state index contributed by atoms with van der Waals surface area (Å²) in [5, 5.41) is 75.7. The molecule has 0 aliphatic carbocycles. The van der Waals surface area contributed by atoms with E-state index in [9.17, 15) is 40.5 Å². The van der Waals surface area contributed by atoms with E-state index < -0.39 is 74.2 Å². The summed E-state index contributed by atoms with van der Waals surface area (Å²) in [4.78, 5) is 13.1. The first-order valence-electron chi connectivity index (χ1n) is 27.9. The number of aliphatic hydroxyl groups excluding tert-OH is 7. The van der Waals surface area contributed by atoms with E-state index in [-0.39, 0.29) is 6.42 Å². The van der Waals surface area contributed by atoms with Crippen LogP contribution in [0.4, 0.5) is 0 Å². The molecule has 0 saturated carbocycles. The third kappa shape index (κ3) is 33.3. The van der Waals surface area contributed by atoms with Crippen molar-refractivity contribution in [3.8, 4) is 0 Å². The summed E-state index contributed by atoms with van der Waals surface area (Å²) in [6.07, 6.45) is 37.7. The molecule has 0 radical (unpaired) electrons. The van der Waals surface area contributed by atoms with Crippen molar-refractivity contribution < 1.29 is 50.0 Å². The van der Waals surface area contributed by atoms with Gasteiger partial charge in [0.05, 0.1) is 25.4 Å². The van der Waals surface area contributed by atoms with Crippen molar-refractivity contribution in [3.05, 3.63) is 0 Å². The number of unbranched alkanes of at least 4 members (excludes halogenated alkanes) is 36. The molecule has 1 aliphatic heterocycles. The molecule has 8 N–H and O–H groups in total. The average Bonchev–Trinajstić information content (AvgIpc) is 3.31. The largest absolute Gasteiger partial charge is 0.394 e. The van der Waals surface area contributed by atoms with Gasteiger partial charge in [-0.15, -0.1) is 0 Å². The quantitative estimate of drug-likeness (QED) is 0.0273. The summed E-state index contributed by atoms with van der Waals surface area (Å²) in [5.41, 5.74) is 0. The van der Waals surface area contributed by atoms with Crippen LogP contribution in [0.2, 0.25) is 0 Å². The van der Waals surface area contributed by atoms with Gasteiger partial charge in [0, 0.05) is 0 Å². The summed E-state index contributed by atoms with van der Waals surface area (Å²) >= 11 is 0. The van der Waals surface area contributed by atoms with Crippen molar-refractivity contribution in [2.75, 3.05) is 13.2 Å². The van der Waals surface area contributed by atoms with Crippen LogP contribution in [0.5, 0.6) is 0 Å². The molecule has 1 aliphatic rings. The van der Waals surface area contributed by atoms with Gasteiger partial charge in [-0.1, -0.05) is 258 Å². The fraction of sp³-hybridized carbons (Fsp3) is 0.981. The number of carbonyl (C=O) groups excluding carboxylic acids is 1. The van der Waals surface area contributed by atoms with Crippen LogP contribution in [-0.4, -0.2) is 110 Å². The predicted octanol–water partition coefficient (Wildman–Crippen LogP) is 11.0. The SMILES string of the molecule is CCCCCCCCCCCCCCCCCCCCCCCCCCCCCCCC(O)C(=O)NC(COC1OC(CO)C(O)C(O)C1O)C(O)C(O)CCCCCCCCCCC. The molecule has 11 nitrogen and oxygen atoms in total. The minimum Gasteiger partial charge on any atom is -0.394 e. The minimum absolute atomic E-state index is 0.267. The van der Waals surface area contributed by atoms with Crippen LogP contribution >= 0.6 is 0 Å². The molecular weight excluding hydrogens is 823 g/mol. The van der Waals surface area contributed by atoms with Gasteiger partial charge in [-0.3, -0.25) is 4.79 Å². The molecule has 0 aromatic heterocycles. The lowest BCUT2D eigenvalue weighted by Gasteiger charge is -2.40. The lowest BCUT2D eigenvalue weighted by atomic mass is 9.98. The number of nitrogens with one attached hydrogen (secondary N) is 1. The Morgan fingerprint density at radius 3 is 1.14 bits per heavy atom. The Kier molecular flexibility index (Phi) is 42.4. The Morgan fingerprint density at radius 2 is 0.800 bits per heavy atom. The lowest BCUT2D eigenvalue weighted by molar-refractivity contribution is -0.303. The highest BCUT2D eigenvalue weighted by Gasteiger charge is 2.44. The number of rotatable bonds is 48. The molecule has 11 heteroatoms. The number of hydrogen-bond donors (Lipinski definition) is 8. The Balaban J connectivity index is 2.17. The average molecular weight is 930 g/mol. The van der Waals surface area contributed by atoms with Crippen LogP contribution in [0.3, 0.4) is 0 Å². The second-order valence-electron chi connectivity index (χ2n) is 20.0. The van der Waals surface area contributed by atoms with Crippen LogP contribution in [0.1, 0.15) is 271 Å². The Morgan fingerprint density at radius 1 is 0.477 bits per heavy atom. The van der Waals surface area contributed by atoms with Crippen molar-refractivity contribution in [1.82, 2.24) is 5.32 Å². The maximum atomic E-state index is 13.1. The highest BCUT2D eigenvalue weighted by atomic mass is 16.7. The van der Waals surface area contributed by atoms with Crippen LogP contribution in [0, 0.1) is 0 Å². The number of ether oxygens (including phenoxy) is 2. The van der Waals surface area contributed by atoms with Gasteiger partial charge in [0.25, 0.3) is 0 Å². The lowest BCUT2D eigenvalue weighted by Crippen LogP contribution is -2.60. The van der Waals surface area contributed by atoms with E-state index in [1.807, 2.05) is 0 Å². The Hall–Kier alpha value is -0.890. The molecule has 9 atom stereocenters. The second-order valence-corrected chi connectivity index (χ2v) is 20.0. The topological polar surface area (TPSA) is 189 Å². The van der Waals surface area contributed by atoms with E-state index in [0.29, 0.717) is 19.3 Å². The molecule has 1 heterocycles. The fourth-order valence-electron chi connectivity index (χ4n) is 9.33. The van der Waals surface area contributed by atoms with E-state index in [0.717, 1.165) is 38.5 Å². The van der Waals surface area contributed by atoms with Crippen molar-refractivity contribution >= 4 is 5.91 Å². The predicted molar refractivity (Wildman–Crippen MR) is 266 cm³/mol. The molecule has 0 aromatic carbocycles. The van der Waals surface area contributed by atoms with Gasteiger partial charge in [0.1, 0.15) is 36.6 Å². The number of aliphatic hydroxyl groups is 7. The van der Waals surface area contributed by atoms with Crippen molar-refractivity contribution in [2.45, 2.75) is 326 Å². The van der Waals surface area contributed by atoms with Crippen LogP contribution in [0.15, 0.2) is 0 Å². The van der Waals surface area contributed by atoms with Gasteiger partial charge < -0.3 is 50.5 Å². The highest BCUT2D eigenvalue weighted by molar-refractivity contribution is 5.80. The molecule has 1 fully saturated rings. The number of carbonyl (C=O) groups is 1. The molecule has 0 aromatic rings. The van der Waals surface area contributed by atoms with Gasteiger partial charge >= 0.3 is 0 Å². The molecule has 0 spiro atoms. The van der Waals surface area contributed by atoms with Gasteiger partial charge in [0.2, 0.25) is 5.91 Å². The maximum absolute atomic E-state index is 13.1. The zero-order chi connectivity index (χ0) is 47.6. The minimum atomic E-state index is -1.66. The van der Waals surface area contributed by atoms with E-state index in [1.165, 1.54) is 193 Å². The normalized spacial score (nSPS) is 20.8. The third-order valence-corrected chi connectivity index (χ3v) is 13.9. The first kappa shape index (κ1) is 62.1. The molecule has 1 rings (SSSR count). The smallest absolute Gasteiger partial charge is 0.249 e. The summed E-state index contributed by atoms with van der Waals surface area (Å²) < 4.78 is 11.1. The zero-order valence-corrected chi connectivity index (χ0v) is 42.2. The second kappa shape index (κ2) is 44.3. The first-order valence-corrected chi connectivity index (χ1v) is 27.9. The fourth-order valence-corrected chi connectivity index (χ4v) is 9.33. The first-order chi connectivity index (χ1) is 31.7. The summed E-state index contributed by atoms with van der Waals surface area (Å²) in [6, 6.07) is -1.16. The Labute approximate surface area is 399 Å². The Bertz CT molecular complexity index is 1020. The summed E-state index contributed by atoms with van der Waals surface area (Å²) in [7, 11) is 0. The molecular formula is C54H107NO10. The number of amides is 1. The van der Waals surface area contributed by atoms with E-state index >= 15 is 0 Å². The van der Waals surface area contributed by atoms with E-state index in [4.69, 9.17) is 9.47 Å². The van der Waals surface area contributed by atoms with Gasteiger partial charge in [-0.05, 0) is 12.8 Å².